The number of hydrogen-bond acceptors (Lipinski definition) is 12. The maximum absolute atomic E-state index is 12.3. The third-order valence-corrected chi connectivity index (χ3v) is 8.59. The first-order chi connectivity index (χ1) is 18.2. The molecule has 3 aromatic rings. The molecule has 0 saturated carbocycles. The van der Waals surface area contributed by atoms with Crippen LogP contribution in [0.5, 0.6) is 0 Å². The number of ether oxygens (including phenoxy) is 2. The van der Waals surface area contributed by atoms with E-state index in [1.54, 1.807) is 26.0 Å². The van der Waals surface area contributed by atoms with Crippen molar-refractivity contribution < 1.29 is 22.7 Å². The Balaban J connectivity index is 1.45. The third-order valence-electron chi connectivity index (χ3n) is 6.41. The fourth-order valence-corrected chi connectivity index (χ4v) is 6.02. The second kappa shape index (κ2) is 10.8. The lowest BCUT2D eigenvalue weighted by molar-refractivity contribution is 0.0531. The number of fused-ring (bicyclic) bond motifs is 1. The summed E-state index contributed by atoms with van der Waals surface area (Å²) in [5, 5.41) is 3.72. The Morgan fingerprint density at radius 1 is 1.11 bits per heavy atom. The second-order valence-electron chi connectivity index (χ2n) is 9.14. The van der Waals surface area contributed by atoms with Crippen LogP contribution in [0.3, 0.4) is 0 Å². The van der Waals surface area contributed by atoms with Gasteiger partial charge in [-0.05, 0) is 38.0 Å². The molecule has 4 heterocycles. The Morgan fingerprint density at radius 2 is 1.82 bits per heavy atom. The minimum Gasteiger partial charge on any atom is -0.462 e. The molecule has 1 N–H and O–H groups in total. The summed E-state index contributed by atoms with van der Waals surface area (Å²) in [5.41, 5.74) is 2.65. The summed E-state index contributed by atoms with van der Waals surface area (Å²) >= 11 is 1.21. The van der Waals surface area contributed by atoms with E-state index in [4.69, 9.17) is 19.4 Å². The molecule has 38 heavy (non-hydrogen) atoms. The number of thiazole rings is 1. The molecule has 0 radical (unpaired) electrons. The number of carbonyl (C=O) groups excluding carboxylic acids is 1. The lowest BCUT2D eigenvalue weighted by Crippen LogP contribution is -2.37. The summed E-state index contributed by atoms with van der Waals surface area (Å²) in [4.78, 5) is 31.6. The molecule has 2 aliphatic rings. The Labute approximate surface area is 225 Å². The minimum absolute atomic E-state index is 0.294. The molecular weight excluding hydrogens is 528 g/mol. The van der Waals surface area contributed by atoms with Crippen molar-refractivity contribution in [2.75, 3.05) is 60.8 Å². The molecular formula is C25H30N6O5S2. The Kier molecular flexibility index (Phi) is 7.50. The number of anilines is 4. The molecule has 0 bridgehead atoms. The van der Waals surface area contributed by atoms with E-state index in [2.05, 4.69) is 20.1 Å². The highest BCUT2D eigenvalue weighted by Crippen LogP contribution is 2.36. The fraction of sp³-hybridized carbons (Fsp3) is 0.440. The van der Waals surface area contributed by atoms with Crippen molar-refractivity contribution in [2.45, 2.75) is 31.7 Å². The molecule has 2 aliphatic heterocycles. The maximum atomic E-state index is 12.3. The number of esters is 1. The summed E-state index contributed by atoms with van der Waals surface area (Å²) in [6.45, 7) is 7.92. The Morgan fingerprint density at radius 3 is 2.50 bits per heavy atom. The van der Waals surface area contributed by atoms with Gasteiger partial charge in [0, 0.05) is 38.0 Å². The van der Waals surface area contributed by atoms with Gasteiger partial charge in [-0.1, -0.05) is 23.5 Å². The van der Waals surface area contributed by atoms with Gasteiger partial charge in [-0.3, -0.25) is 5.32 Å². The Bertz CT molecular complexity index is 1440. The molecule has 0 spiro atoms. The number of nitrogens with one attached hydrogen (secondary N) is 1. The highest BCUT2D eigenvalue weighted by molar-refractivity contribution is 7.90. The number of rotatable bonds is 8. The molecule has 11 nitrogen and oxygen atoms in total. The van der Waals surface area contributed by atoms with Crippen LogP contribution in [0, 0.1) is 6.92 Å². The first-order valence-corrected chi connectivity index (χ1v) is 15.1. The van der Waals surface area contributed by atoms with E-state index in [1.807, 2.05) is 12.1 Å². The number of morpholine rings is 1. The van der Waals surface area contributed by atoms with Crippen LogP contribution in [0.1, 0.15) is 33.4 Å². The second-order valence-corrected chi connectivity index (χ2v) is 12.2. The van der Waals surface area contributed by atoms with Gasteiger partial charge in [-0.2, -0.15) is 9.97 Å². The van der Waals surface area contributed by atoms with Gasteiger partial charge in [-0.15, -0.1) is 0 Å². The summed E-state index contributed by atoms with van der Waals surface area (Å²) in [7, 11) is -3.25. The number of benzene rings is 1. The van der Waals surface area contributed by atoms with E-state index in [0.29, 0.717) is 52.9 Å². The molecule has 1 fully saturated rings. The van der Waals surface area contributed by atoms with Crippen molar-refractivity contribution in [2.24, 2.45) is 0 Å². The average Bonchev–Trinajstić information content (AvgIpc) is 3.47. The van der Waals surface area contributed by atoms with Gasteiger partial charge in [0.05, 0.1) is 30.4 Å². The highest BCUT2D eigenvalue weighted by atomic mass is 32.2. The van der Waals surface area contributed by atoms with E-state index in [0.717, 1.165) is 48.8 Å². The van der Waals surface area contributed by atoms with Crippen molar-refractivity contribution in [3.05, 3.63) is 46.0 Å². The zero-order valence-electron chi connectivity index (χ0n) is 21.6. The van der Waals surface area contributed by atoms with Gasteiger partial charge in [0.1, 0.15) is 16.5 Å². The molecule has 202 valence electrons. The molecule has 0 unspecified atom stereocenters. The van der Waals surface area contributed by atoms with Crippen LogP contribution in [0.4, 0.5) is 22.7 Å². The van der Waals surface area contributed by atoms with E-state index in [1.165, 1.54) is 17.6 Å². The third kappa shape index (κ3) is 5.59. The number of nitrogens with zero attached hydrogens (tertiary/aromatic N) is 5. The van der Waals surface area contributed by atoms with Crippen LogP contribution in [0.2, 0.25) is 0 Å². The SMILES string of the molecule is CCOC(=O)c1sc(Nc2nc(N3CCOCC3)c3c(n2)N(Cc2ccc(S(C)(=O)=O)cc2)CC3)nc1C. The molecule has 1 saturated heterocycles. The largest absolute Gasteiger partial charge is 0.462 e. The molecule has 13 heteroatoms. The standard InChI is InChI=1S/C25H30N6O5S2/c1-4-36-23(32)20-16(2)26-25(37-20)29-24-27-21(30-11-13-35-14-12-30)19-9-10-31(22(19)28-24)15-17-5-7-18(8-6-17)38(3,33)34/h5-8H,4,9-15H2,1-3H3,(H,26,27,28,29). The molecule has 2 aromatic heterocycles. The van der Waals surface area contributed by atoms with Crippen LogP contribution >= 0.6 is 11.3 Å². The van der Waals surface area contributed by atoms with Crippen LogP contribution < -0.4 is 15.1 Å². The molecule has 5 rings (SSSR count). The number of hydrogen-bond donors (Lipinski definition) is 1. The van der Waals surface area contributed by atoms with Gasteiger partial charge >= 0.3 is 5.97 Å². The molecule has 0 aliphatic carbocycles. The number of aryl methyl sites for hydroxylation is 1. The summed E-state index contributed by atoms with van der Waals surface area (Å²) in [6.07, 6.45) is 2.00. The van der Waals surface area contributed by atoms with Crippen molar-refractivity contribution in [3.63, 3.8) is 0 Å². The maximum Gasteiger partial charge on any atom is 0.350 e. The molecule has 0 amide bonds. The van der Waals surface area contributed by atoms with E-state index >= 15 is 0 Å². The zero-order chi connectivity index (χ0) is 26.9. The van der Waals surface area contributed by atoms with Gasteiger partial charge < -0.3 is 19.3 Å². The monoisotopic (exact) mass is 558 g/mol. The lowest BCUT2D eigenvalue weighted by atomic mass is 10.2. The van der Waals surface area contributed by atoms with E-state index < -0.39 is 15.8 Å². The molecule has 1 aromatic carbocycles. The normalized spacial score (nSPS) is 15.4. The summed E-state index contributed by atoms with van der Waals surface area (Å²) in [6, 6.07) is 6.96. The number of sulfone groups is 1. The van der Waals surface area contributed by atoms with E-state index in [9.17, 15) is 13.2 Å². The molecule has 0 atom stereocenters. The predicted molar refractivity (Wildman–Crippen MR) is 145 cm³/mol. The quantitative estimate of drug-likeness (QED) is 0.410. The number of carbonyl (C=O) groups is 1. The van der Waals surface area contributed by atoms with Gasteiger partial charge in [-0.25, -0.2) is 18.2 Å². The minimum atomic E-state index is -3.25. The summed E-state index contributed by atoms with van der Waals surface area (Å²) in [5.74, 6) is 1.70. The highest BCUT2D eigenvalue weighted by Gasteiger charge is 2.29. The topological polar surface area (TPSA) is 127 Å². The first-order valence-electron chi connectivity index (χ1n) is 12.4. The van der Waals surface area contributed by atoms with E-state index in [-0.39, 0.29) is 0 Å². The lowest BCUT2D eigenvalue weighted by Gasteiger charge is -2.29. The van der Waals surface area contributed by atoms with Crippen LogP contribution in [0.25, 0.3) is 0 Å². The summed E-state index contributed by atoms with van der Waals surface area (Å²) < 4.78 is 34.4. The predicted octanol–water partition coefficient (Wildman–Crippen LogP) is 2.96. The Hall–Kier alpha value is -3.29. The van der Waals surface area contributed by atoms with Gasteiger partial charge in [0.15, 0.2) is 15.0 Å². The zero-order valence-corrected chi connectivity index (χ0v) is 23.2. The van der Waals surface area contributed by atoms with Gasteiger partial charge in [0.2, 0.25) is 5.95 Å². The van der Waals surface area contributed by atoms with Crippen LogP contribution in [-0.4, -0.2) is 75.0 Å². The fourth-order valence-electron chi connectivity index (χ4n) is 4.54. The van der Waals surface area contributed by atoms with Crippen molar-refractivity contribution in [1.29, 1.82) is 0 Å². The van der Waals surface area contributed by atoms with Crippen molar-refractivity contribution in [1.82, 2.24) is 15.0 Å². The van der Waals surface area contributed by atoms with Crippen LogP contribution in [-0.2, 0) is 32.3 Å². The average molecular weight is 559 g/mol. The van der Waals surface area contributed by atoms with Crippen molar-refractivity contribution >= 4 is 49.9 Å². The van der Waals surface area contributed by atoms with Crippen LogP contribution in [0.15, 0.2) is 29.2 Å². The first kappa shape index (κ1) is 26.3. The van der Waals surface area contributed by atoms with Crippen molar-refractivity contribution in [3.8, 4) is 0 Å². The van der Waals surface area contributed by atoms with Gasteiger partial charge in [0.25, 0.3) is 0 Å². The smallest absolute Gasteiger partial charge is 0.350 e. The number of aromatic nitrogens is 3.